The maximum absolute atomic E-state index is 11.4. The lowest BCUT2D eigenvalue weighted by Crippen LogP contribution is -2.30. The van der Waals surface area contributed by atoms with Gasteiger partial charge in [0.2, 0.25) is 10.0 Å². The van der Waals surface area contributed by atoms with Gasteiger partial charge in [0, 0.05) is 13.2 Å². The van der Waals surface area contributed by atoms with Gasteiger partial charge in [0.25, 0.3) is 0 Å². The van der Waals surface area contributed by atoms with Gasteiger partial charge in [0.15, 0.2) is 0 Å². The molecule has 17 heavy (non-hydrogen) atoms. The highest BCUT2D eigenvalue weighted by atomic mass is 32.2. The highest BCUT2D eigenvalue weighted by Gasteiger charge is 2.14. The van der Waals surface area contributed by atoms with E-state index in [1.54, 1.807) is 6.92 Å². The Morgan fingerprint density at radius 3 is 2.47 bits per heavy atom. The minimum Gasteiger partial charge on any atom is -0.396 e. The molecule has 0 aliphatic carbocycles. The number of aliphatic hydroxyl groups excluding tert-OH is 1. The third-order valence-electron chi connectivity index (χ3n) is 2.68. The molecule has 0 radical (unpaired) electrons. The molecule has 0 saturated heterocycles. The highest BCUT2D eigenvalue weighted by molar-refractivity contribution is 7.89. The average Bonchev–Trinajstić information content (AvgIpc) is 2.35. The molecule has 0 heterocycles. The molecule has 1 aromatic carbocycles. The summed E-state index contributed by atoms with van der Waals surface area (Å²) in [5.41, 5.74) is 1.04. The van der Waals surface area contributed by atoms with Crippen molar-refractivity contribution in [1.82, 2.24) is 4.72 Å². The second-order valence-electron chi connectivity index (χ2n) is 3.87. The number of benzene rings is 1. The zero-order chi connectivity index (χ0) is 12.7. The number of rotatable bonds is 7. The Morgan fingerprint density at radius 1 is 1.29 bits per heavy atom. The molecular formula is C12H19NO3S. The van der Waals surface area contributed by atoms with Crippen molar-refractivity contribution in [1.29, 1.82) is 0 Å². The topological polar surface area (TPSA) is 66.4 Å². The van der Waals surface area contributed by atoms with Gasteiger partial charge >= 0.3 is 0 Å². The van der Waals surface area contributed by atoms with Gasteiger partial charge in [-0.15, -0.1) is 0 Å². The lowest BCUT2D eigenvalue weighted by molar-refractivity contribution is 0.275. The summed E-state index contributed by atoms with van der Waals surface area (Å²) in [4.78, 5) is 0. The van der Waals surface area contributed by atoms with Gasteiger partial charge in [0.05, 0.1) is 5.75 Å². The first-order chi connectivity index (χ1) is 8.09. The summed E-state index contributed by atoms with van der Waals surface area (Å²) < 4.78 is 25.3. The lowest BCUT2D eigenvalue weighted by atomic mass is 9.96. The maximum Gasteiger partial charge on any atom is 0.211 e. The average molecular weight is 257 g/mol. The molecule has 1 aromatic rings. The van der Waals surface area contributed by atoms with Crippen LogP contribution in [0.3, 0.4) is 0 Å². The third-order valence-corrected chi connectivity index (χ3v) is 4.04. The second kappa shape index (κ2) is 6.74. The molecule has 1 rings (SSSR count). The van der Waals surface area contributed by atoms with E-state index in [1.807, 2.05) is 30.3 Å². The van der Waals surface area contributed by atoms with Crippen molar-refractivity contribution in [3.63, 3.8) is 0 Å². The zero-order valence-corrected chi connectivity index (χ0v) is 10.8. The molecule has 0 fully saturated rings. The monoisotopic (exact) mass is 257 g/mol. The van der Waals surface area contributed by atoms with Gasteiger partial charge in [-0.3, -0.25) is 0 Å². The summed E-state index contributed by atoms with van der Waals surface area (Å²) >= 11 is 0. The van der Waals surface area contributed by atoms with E-state index in [4.69, 9.17) is 5.11 Å². The predicted octanol–water partition coefficient (Wildman–Crippen LogP) is 1.09. The van der Waals surface area contributed by atoms with E-state index in [2.05, 4.69) is 4.72 Å². The van der Waals surface area contributed by atoms with Crippen molar-refractivity contribution in [3.05, 3.63) is 35.9 Å². The van der Waals surface area contributed by atoms with Crippen molar-refractivity contribution in [2.75, 3.05) is 18.9 Å². The van der Waals surface area contributed by atoms with Crippen molar-refractivity contribution in [2.24, 2.45) is 0 Å². The first kappa shape index (κ1) is 14.2. The Bertz CT molecular complexity index is 417. The van der Waals surface area contributed by atoms with Gasteiger partial charge in [-0.05, 0) is 24.8 Å². The first-order valence-corrected chi connectivity index (χ1v) is 7.37. The molecule has 5 heteroatoms. The number of aliphatic hydroxyl groups is 1. The van der Waals surface area contributed by atoms with Gasteiger partial charge in [-0.2, -0.15) is 0 Å². The number of hydrogen-bond donors (Lipinski definition) is 2. The molecule has 0 aliphatic heterocycles. The van der Waals surface area contributed by atoms with Crippen LogP contribution in [0.15, 0.2) is 30.3 Å². The van der Waals surface area contributed by atoms with Crippen molar-refractivity contribution < 1.29 is 13.5 Å². The summed E-state index contributed by atoms with van der Waals surface area (Å²) in [5, 5.41) is 9.01. The van der Waals surface area contributed by atoms with Crippen molar-refractivity contribution >= 4 is 10.0 Å². The molecule has 4 nitrogen and oxygen atoms in total. The molecule has 1 unspecified atom stereocenters. The van der Waals surface area contributed by atoms with Crippen LogP contribution in [0.25, 0.3) is 0 Å². The Hall–Kier alpha value is -0.910. The lowest BCUT2D eigenvalue weighted by Gasteiger charge is -2.16. The molecule has 0 bridgehead atoms. The normalized spacial score (nSPS) is 13.5. The van der Waals surface area contributed by atoms with E-state index < -0.39 is 10.0 Å². The minimum absolute atomic E-state index is 0.0162. The first-order valence-electron chi connectivity index (χ1n) is 5.72. The smallest absolute Gasteiger partial charge is 0.211 e. The van der Waals surface area contributed by atoms with E-state index >= 15 is 0 Å². The van der Waals surface area contributed by atoms with Crippen LogP contribution in [0.2, 0.25) is 0 Å². The fourth-order valence-corrected chi connectivity index (χ4v) is 2.26. The Kier molecular flexibility index (Phi) is 5.61. The van der Waals surface area contributed by atoms with Gasteiger partial charge < -0.3 is 5.11 Å². The maximum atomic E-state index is 11.4. The summed E-state index contributed by atoms with van der Waals surface area (Å²) in [7, 11) is -3.17. The highest BCUT2D eigenvalue weighted by Crippen LogP contribution is 2.18. The molecule has 96 valence electrons. The summed E-state index contributed by atoms with van der Waals surface area (Å²) in [6.07, 6.45) is 0.552. The summed E-state index contributed by atoms with van der Waals surface area (Å²) in [6, 6.07) is 9.62. The van der Waals surface area contributed by atoms with Gasteiger partial charge in [-0.1, -0.05) is 30.3 Å². The standard InChI is InChI=1S/C12H19NO3S/c1-2-17(15,16)13-10-12(8-9-14)11-6-4-3-5-7-11/h3-7,12-14H,2,8-10H2,1H3. The molecule has 0 amide bonds. The van der Waals surface area contributed by atoms with Crippen LogP contribution in [-0.2, 0) is 10.0 Å². The molecule has 1 atom stereocenters. The largest absolute Gasteiger partial charge is 0.396 e. The van der Waals surface area contributed by atoms with Crippen LogP contribution in [0.1, 0.15) is 24.8 Å². The fraction of sp³-hybridized carbons (Fsp3) is 0.500. The molecular weight excluding hydrogens is 238 g/mol. The number of sulfonamides is 1. The van der Waals surface area contributed by atoms with Crippen LogP contribution in [0, 0.1) is 0 Å². The Balaban J connectivity index is 2.68. The van der Waals surface area contributed by atoms with Gasteiger partial charge in [0.1, 0.15) is 0 Å². The van der Waals surface area contributed by atoms with E-state index in [9.17, 15) is 8.42 Å². The Morgan fingerprint density at radius 2 is 1.94 bits per heavy atom. The molecule has 0 aromatic heterocycles. The van der Waals surface area contributed by atoms with Crippen LogP contribution in [0.5, 0.6) is 0 Å². The van der Waals surface area contributed by atoms with Crippen LogP contribution in [0.4, 0.5) is 0 Å². The van der Waals surface area contributed by atoms with E-state index in [-0.39, 0.29) is 18.3 Å². The molecule has 2 N–H and O–H groups in total. The summed E-state index contributed by atoms with van der Waals surface area (Å²) in [5.74, 6) is 0.0932. The molecule has 0 saturated carbocycles. The zero-order valence-electron chi connectivity index (χ0n) is 9.96. The molecule has 0 spiro atoms. The van der Waals surface area contributed by atoms with Crippen LogP contribution in [-0.4, -0.2) is 32.4 Å². The van der Waals surface area contributed by atoms with Gasteiger partial charge in [-0.25, -0.2) is 13.1 Å². The van der Waals surface area contributed by atoms with E-state index in [0.717, 1.165) is 5.56 Å². The van der Waals surface area contributed by atoms with Crippen LogP contribution < -0.4 is 4.72 Å². The minimum atomic E-state index is -3.17. The van der Waals surface area contributed by atoms with Crippen LogP contribution >= 0.6 is 0 Å². The SMILES string of the molecule is CCS(=O)(=O)NCC(CCO)c1ccccc1. The van der Waals surface area contributed by atoms with Crippen molar-refractivity contribution in [2.45, 2.75) is 19.3 Å². The fourth-order valence-electron chi connectivity index (χ4n) is 1.60. The quantitative estimate of drug-likeness (QED) is 0.768. The predicted molar refractivity (Wildman–Crippen MR) is 68.3 cm³/mol. The van der Waals surface area contributed by atoms with Crippen molar-refractivity contribution in [3.8, 4) is 0 Å². The number of nitrogens with one attached hydrogen (secondary N) is 1. The second-order valence-corrected chi connectivity index (χ2v) is 5.97. The third kappa shape index (κ3) is 4.85. The van der Waals surface area contributed by atoms with E-state index in [0.29, 0.717) is 13.0 Å². The molecule has 0 aliphatic rings. The Labute approximate surface area is 103 Å². The van der Waals surface area contributed by atoms with E-state index in [1.165, 1.54) is 0 Å². The number of hydrogen-bond acceptors (Lipinski definition) is 3. The summed E-state index contributed by atoms with van der Waals surface area (Å²) in [6.45, 7) is 1.99.